The van der Waals surface area contributed by atoms with Gasteiger partial charge in [0.05, 0.1) is 0 Å². The summed E-state index contributed by atoms with van der Waals surface area (Å²) in [5.74, 6) is 2.77. The van der Waals surface area contributed by atoms with Crippen LogP contribution in [0.1, 0.15) is 40.5 Å². The van der Waals surface area contributed by atoms with Crippen LogP contribution in [0.25, 0.3) is 0 Å². The van der Waals surface area contributed by atoms with Crippen molar-refractivity contribution in [3.8, 4) is 0 Å². The number of hydrogen-bond donors (Lipinski definition) is 2. The largest absolute Gasteiger partial charge is 0.352 e. The van der Waals surface area contributed by atoms with Crippen LogP contribution in [0, 0.1) is 11.3 Å². The highest BCUT2D eigenvalue weighted by molar-refractivity contribution is 7.99. The molecule has 2 atom stereocenters. The zero-order valence-corrected chi connectivity index (χ0v) is 13.0. The van der Waals surface area contributed by atoms with Gasteiger partial charge in [-0.05, 0) is 44.5 Å². The molecular formula is C14H28N2OS. The molecule has 0 bridgehead atoms. The van der Waals surface area contributed by atoms with Crippen molar-refractivity contribution >= 4 is 17.7 Å². The maximum atomic E-state index is 12.4. The maximum Gasteiger partial charge on any atom is 0.226 e. The Morgan fingerprint density at radius 2 is 2.28 bits per heavy atom. The minimum atomic E-state index is -0.265. The molecule has 1 heterocycles. The van der Waals surface area contributed by atoms with Gasteiger partial charge in [0.2, 0.25) is 5.91 Å². The molecule has 0 aromatic carbocycles. The summed E-state index contributed by atoms with van der Waals surface area (Å²) in [5, 5.41) is 6.56. The summed E-state index contributed by atoms with van der Waals surface area (Å²) >= 11 is 1.88. The van der Waals surface area contributed by atoms with E-state index < -0.39 is 0 Å². The molecule has 18 heavy (non-hydrogen) atoms. The molecule has 3 nitrogen and oxygen atoms in total. The van der Waals surface area contributed by atoms with E-state index in [1.807, 2.05) is 11.8 Å². The molecule has 1 amide bonds. The third-order valence-corrected chi connectivity index (χ3v) is 5.00. The number of amides is 1. The van der Waals surface area contributed by atoms with Crippen LogP contribution >= 0.6 is 11.8 Å². The van der Waals surface area contributed by atoms with Crippen molar-refractivity contribution in [1.29, 1.82) is 0 Å². The van der Waals surface area contributed by atoms with E-state index >= 15 is 0 Å². The number of hydrogen-bond acceptors (Lipinski definition) is 3. The Morgan fingerprint density at radius 3 is 2.83 bits per heavy atom. The van der Waals surface area contributed by atoms with Crippen molar-refractivity contribution < 1.29 is 4.79 Å². The summed E-state index contributed by atoms with van der Waals surface area (Å²) in [6, 6.07) is 0.262. The van der Waals surface area contributed by atoms with Gasteiger partial charge in [-0.15, -0.1) is 0 Å². The maximum absolute atomic E-state index is 12.4. The number of thioether (sulfide) groups is 1. The van der Waals surface area contributed by atoms with Crippen LogP contribution in [0.4, 0.5) is 0 Å². The molecule has 0 radical (unpaired) electrons. The van der Waals surface area contributed by atoms with Crippen LogP contribution < -0.4 is 10.6 Å². The first kappa shape index (κ1) is 15.8. The second kappa shape index (κ2) is 7.39. The van der Waals surface area contributed by atoms with E-state index in [9.17, 15) is 4.79 Å². The Bertz CT molecular complexity index is 263. The highest BCUT2D eigenvalue weighted by Gasteiger charge is 2.37. The van der Waals surface area contributed by atoms with Crippen molar-refractivity contribution in [2.45, 2.75) is 46.6 Å². The zero-order valence-electron chi connectivity index (χ0n) is 12.2. The molecule has 4 heteroatoms. The molecule has 0 spiro atoms. The smallest absolute Gasteiger partial charge is 0.226 e. The van der Waals surface area contributed by atoms with Gasteiger partial charge in [-0.1, -0.05) is 20.8 Å². The Morgan fingerprint density at radius 1 is 1.56 bits per heavy atom. The van der Waals surface area contributed by atoms with E-state index in [0.29, 0.717) is 5.92 Å². The first-order valence-electron chi connectivity index (χ1n) is 7.08. The second-order valence-electron chi connectivity index (χ2n) is 5.80. The molecule has 0 aliphatic carbocycles. The summed E-state index contributed by atoms with van der Waals surface area (Å²) in [6.07, 6.45) is 2.34. The summed E-state index contributed by atoms with van der Waals surface area (Å²) in [6.45, 7) is 10.5. The highest BCUT2D eigenvalue weighted by atomic mass is 32.2. The number of carbonyl (C=O) groups excluding carboxylic acids is 1. The van der Waals surface area contributed by atoms with Crippen molar-refractivity contribution in [1.82, 2.24) is 10.6 Å². The van der Waals surface area contributed by atoms with E-state index in [1.165, 1.54) is 6.42 Å². The Kier molecular flexibility index (Phi) is 6.50. The molecule has 2 N–H and O–H groups in total. The standard InChI is InChI=1S/C14H28N2OS/c1-5-18-10-11(2)16-13(17)14(3,4)12-7-6-8-15-9-12/h11-12,15H,5-10H2,1-4H3,(H,16,17). The minimum Gasteiger partial charge on any atom is -0.352 e. The van der Waals surface area contributed by atoms with Gasteiger partial charge >= 0.3 is 0 Å². The summed E-state index contributed by atoms with van der Waals surface area (Å²) in [5.41, 5.74) is -0.265. The fourth-order valence-electron chi connectivity index (χ4n) is 2.40. The Balaban J connectivity index is 2.47. The lowest BCUT2D eigenvalue weighted by atomic mass is 9.74. The zero-order chi connectivity index (χ0) is 13.6. The third-order valence-electron chi connectivity index (χ3n) is 3.85. The monoisotopic (exact) mass is 272 g/mol. The molecule has 1 rings (SSSR count). The molecule has 0 saturated carbocycles. The molecule has 0 aromatic heterocycles. The predicted octanol–water partition coefficient (Wildman–Crippen LogP) is 2.27. The number of nitrogens with one attached hydrogen (secondary N) is 2. The normalized spacial score (nSPS) is 22.6. The Hall–Kier alpha value is -0.220. The van der Waals surface area contributed by atoms with Crippen LogP contribution in [0.3, 0.4) is 0 Å². The van der Waals surface area contributed by atoms with Gasteiger partial charge in [-0.3, -0.25) is 4.79 Å². The SMILES string of the molecule is CCSCC(C)NC(=O)C(C)(C)C1CCCNC1. The van der Waals surface area contributed by atoms with Crippen LogP contribution in [0.2, 0.25) is 0 Å². The van der Waals surface area contributed by atoms with Crippen LogP contribution in [0.5, 0.6) is 0 Å². The van der Waals surface area contributed by atoms with Crippen molar-refractivity contribution in [3.63, 3.8) is 0 Å². The minimum absolute atomic E-state index is 0.209. The van der Waals surface area contributed by atoms with Crippen LogP contribution in [-0.4, -0.2) is 36.5 Å². The second-order valence-corrected chi connectivity index (χ2v) is 7.12. The average Bonchev–Trinajstić information content (AvgIpc) is 2.37. The molecule has 2 unspecified atom stereocenters. The van der Waals surface area contributed by atoms with Gasteiger partial charge in [0.1, 0.15) is 0 Å². The molecule has 1 aliphatic heterocycles. The van der Waals surface area contributed by atoms with E-state index in [2.05, 4.69) is 38.3 Å². The lowest BCUT2D eigenvalue weighted by Crippen LogP contribution is -2.49. The van der Waals surface area contributed by atoms with Gasteiger partial charge < -0.3 is 10.6 Å². The van der Waals surface area contributed by atoms with E-state index in [1.54, 1.807) is 0 Å². The van der Waals surface area contributed by atoms with E-state index in [0.717, 1.165) is 31.0 Å². The number of rotatable bonds is 6. The average molecular weight is 272 g/mol. The molecule has 106 valence electrons. The van der Waals surface area contributed by atoms with Gasteiger partial charge in [-0.25, -0.2) is 0 Å². The number of piperidine rings is 1. The lowest BCUT2D eigenvalue weighted by Gasteiger charge is -2.36. The third kappa shape index (κ3) is 4.47. The fraction of sp³-hybridized carbons (Fsp3) is 0.929. The fourth-order valence-corrected chi connectivity index (χ4v) is 3.07. The first-order chi connectivity index (χ1) is 8.48. The molecule has 1 aliphatic rings. The summed E-state index contributed by atoms with van der Waals surface area (Å²) in [4.78, 5) is 12.4. The lowest BCUT2D eigenvalue weighted by molar-refractivity contribution is -0.133. The molecule has 1 fully saturated rings. The first-order valence-corrected chi connectivity index (χ1v) is 8.23. The molecule has 1 saturated heterocycles. The van der Waals surface area contributed by atoms with Gasteiger partial charge in [0.25, 0.3) is 0 Å². The molecular weight excluding hydrogens is 244 g/mol. The van der Waals surface area contributed by atoms with Crippen LogP contribution in [-0.2, 0) is 4.79 Å². The van der Waals surface area contributed by atoms with Gasteiger partial charge in [0, 0.05) is 17.2 Å². The van der Waals surface area contributed by atoms with E-state index in [-0.39, 0.29) is 17.4 Å². The van der Waals surface area contributed by atoms with E-state index in [4.69, 9.17) is 0 Å². The van der Waals surface area contributed by atoms with Crippen molar-refractivity contribution in [2.75, 3.05) is 24.6 Å². The topological polar surface area (TPSA) is 41.1 Å². The summed E-state index contributed by atoms with van der Waals surface area (Å²) in [7, 11) is 0. The van der Waals surface area contributed by atoms with Crippen molar-refractivity contribution in [2.24, 2.45) is 11.3 Å². The summed E-state index contributed by atoms with van der Waals surface area (Å²) < 4.78 is 0. The number of carbonyl (C=O) groups is 1. The predicted molar refractivity (Wildman–Crippen MR) is 80.0 cm³/mol. The van der Waals surface area contributed by atoms with Crippen LogP contribution in [0.15, 0.2) is 0 Å². The highest BCUT2D eigenvalue weighted by Crippen LogP contribution is 2.32. The Labute approximate surface area is 116 Å². The van der Waals surface area contributed by atoms with Crippen molar-refractivity contribution in [3.05, 3.63) is 0 Å². The van der Waals surface area contributed by atoms with Gasteiger partial charge in [0.15, 0.2) is 0 Å². The molecule has 0 aromatic rings. The quantitative estimate of drug-likeness (QED) is 0.779. The van der Waals surface area contributed by atoms with Gasteiger partial charge in [-0.2, -0.15) is 11.8 Å².